The fourth-order valence-electron chi connectivity index (χ4n) is 1.63. The van der Waals surface area contributed by atoms with Crippen molar-refractivity contribution >= 4 is 20.7 Å². The molecular formula is C12H15NO3S. The Kier molecular flexibility index (Phi) is 3.38. The monoisotopic (exact) mass is 253 g/mol. The largest absolute Gasteiger partial charge is 0.494 e. The van der Waals surface area contributed by atoms with E-state index in [1.165, 1.54) is 6.26 Å². The van der Waals surface area contributed by atoms with Crippen LogP contribution in [0.15, 0.2) is 30.5 Å². The van der Waals surface area contributed by atoms with Gasteiger partial charge in [-0.2, -0.15) is 0 Å². The second-order valence-electron chi connectivity index (χ2n) is 4.06. The highest BCUT2D eigenvalue weighted by Gasteiger charge is 2.02. The van der Waals surface area contributed by atoms with Gasteiger partial charge in [-0.25, -0.2) is 8.42 Å². The standard InChI is InChI=1S/C12H15NO3S/c1-17(14,15)8-2-7-16-11-3-4-12-10(9-11)5-6-13-12/h3-6,9,13H,2,7-8H2,1H3. The van der Waals surface area contributed by atoms with E-state index in [0.717, 1.165) is 16.7 Å². The molecule has 0 unspecified atom stereocenters. The number of fused-ring (bicyclic) bond motifs is 1. The van der Waals surface area contributed by atoms with Gasteiger partial charge in [0.15, 0.2) is 0 Å². The summed E-state index contributed by atoms with van der Waals surface area (Å²) in [4.78, 5) is 3.10. The highest BCUT2D eigenvalue weighted by molar-refractivity contribution is 7.90. The molecule has 0 atom stereocenters. The number of nitrogens with one attached hydrogen (secondary N) is 1. The van der Waals surface area contributed by atoms with Gasteiger partial charge in [0.1, 0.15) is 15.6 Å². The van der Waals surface area contributed by atoms with Gasteiger partial charge >= 0.3 is 0 Å². The number of ether oxygens (including phenoxy) is 1. The third-order valence-corrected chi connectivity index (χ3v) is 3.48. The minimum absolute atomic E-state index is 0.166. The van der Waals surface area contributed by atoms with Crippen molar-refractivity contribution in [1.82, 2.24) is 4.98 Å². The van der Waals surface area contributed by atoms with Gasteiger partial charge < -0.3 is 9.72 Å². The molecule has 5 heteroatoms. The summed E-state index contributed by atoms with van der Waals surface area (Å²) < 4.78 is 27.3. The lowest BCUT2D eigenvalue weighted by Gasteiger charge is -2.05. The zero-order valence-electron chi connectivity index (χ0n) is 9.64. The van der Waals surface area contributed by atoms with E-state index in [4.69, 9.17) is 4.74 Å². The molecule has 4 nitrogen and oxygen atoms in total. The van der Waals surface area contributed by atoms with Gasteiger partial charge in [-0.1, -0.05) is 0 Å². The third-order valence-electron chi connectivity index (χ3n) is 2.45. The lowest BCUT2D eigenvalue weighted by Crippen LogP contribution is -2.07. The number of aromatic nitrogens is 1. The SMILES string of the molecule is CS(=O)(=O)CCCOc1ccc2[nH]ccc2c1. The smallest absolute Gasteiger partial charge is 0.147 e. The predicted octanol–water partition coefficient (Wildman–Crippen LogP) is 1.98. The van der Waals surface area contributed by atoms with Crippen LogP contribution in [0.4, 0.5) is 0 Å². The second-order valence-corrected chi connectivity index (χ2v) is 6.32. The fourth-order valence-corrected chi connectivity index (χ4v) is 2.27. The summed E-state index contributed by atoms with van der Waals surface area (Å²) in [6.45, 7) is 0.420. The van der Waals surface area contributed by atoms with Crippen molar-refractivity contribution in [3.8, 4) is 5.75 Å². The molecule has 0 saturated carbocycles. The molecule has 1 aromatic carbocycles. The minimum atomic E-state index is -2.89. The molecule has 0 radical (unpaired) electrons. The Morgan fingerprint density at radius 3 is 2.88 bits per heavy atom. The summed E-state index contributed by atoms with van der Waals surface area (Å²) in [6, 6.07) is 7.73. The maximum Gasteiger partial charge on any atom is 0.147 e. The van der Waals surface area contributed by atoms with E-state index in [2.05, 4.69) is 4.98 Å². The number of H-pyrrole nitrogens is 1. The number of rotatable bonds is 5. The van der Waals surface area contributed by atoms with Crippen molar-refractivity contribution < 1.29 is 13.2 Å². The zero-order chi connectivity index (χ0) is 12.3. The van der Waals surface area contributed by atoms with Gasteiger partial charge in [0.25, 0.3) is 0 Å². The van der Waals surface area contributed by atoms with Crippen LogP contribution in [-0.4, -0.2) is 32.0 Å². The molecule has 17 heavy (non-hydrogen) atoms. The number of sulfone groups is 1. The highest BCUT2D eigenvalue weighted by atomic mass is 32.2. The van der Waals surface area contributed by atoms with Crippen LogP contribution in [0.5, 0.6) is 5.75 Å². The van der Waals surface area contributed by atoms with Crippen molar-refractivity contribution in [2.75, 3.05) is 18.6 Å². The molecule has 1 N–H and O–H groups in total. The van der Waals surface area contributed by atoms with Crippen LogP contribution in [0.2, 0.25) is 0 Å². The summed E-state index contributed by atoms with van der Waals surface area (Å²) >= 11 is 0. The van der Waals surface area contributed by atoms with Crippen LogP contribution < -0.4 is 4.74 Å². The van der Waals surface area contributed by atoms with Gasteiger partial charge in [-0.05, 0) is 30.7 Å². The predicted molar refractivity (Wildman–Crippen MR) is 68.1 cm³/mol. The van der Waals surface area contributed by atoms with Crippen LogP contribution in [0, 0.1) is 0 Å². The number of hydrogen-bond acceptors (Lipinski definition) is 3. The van der Waals surface area contributed by atoms with Gasteiger partial charge in [0.2, 0.25) is 0 Å². The first-order valence-electron chi connectivity index (χ1n) is 5.42. The maximum atomic E-state index is 10.9. The van der Waals surface area contributed by atoms with Crippen molar-refractivity contribution in [2.24, 2.45) is 0 Å². The fraction of sp³-hybridized carbons (Fsp3) is 0.333. The normalized spacial score (nSPS) is 11.8. The molecule has 0 spiro atoms. The Hall–Kier alpha value is -1.49. The molecule has 0 amide bonds. The van der Waals surface area contributed by atoms with E-state index >= 15 is 0 Å². The lowest BCUT2D eigenvalue weighted by atomic mass is 10.2. The van der Waals surface area contributed by atoms with Crippen LogP contribution in [0.25, 0.3) is 10.9 Å². The van der Waals surface area contributed by atoms with E-state index in [1.807, 2.05) is 30.5 Å². The van der Waals surface area contributed by atoms with Crippen molar-refractivity contribution in [3.05, 3.63) is 30.5 Å². The molecule has 1 aromatic heterocycles. The van der Waals surface area contributed by atoms with Crippen LogP contribution in [-0.2, 0) is 9.84 Å². The second kappa shape index (κ2) is 4.79. The van der Waals surface area contributed by atoms with Gasteiger partial charge in [-0.3, -0.25) is 0 Å². The molecule has 1 heterocycles. The summed E-state index contributed by atoms with van der Waals surface area (Å²) in [5, 5.41) is 1.09. The van der Waals surface area contributed by atoms with Crippen molar-refractivity contribution in [1.29, 1.82) is 0 Å². The molecule has 0 aliphatic rings. The Morgan fingerprint density at radius 1 is 1.29 bits per heavy atom. The van der Waals surface area contributed by atoms with Gasteiger partial charge in [0, 0.05) is 23.4 Å². The van der Waals surface area contributed by atoms with Crippen molar-refractivity contribution in [3.63, 3.8) is 0 Å². The highest BCUT2D eigenvalue weighted by Crippen LogP contribution is 2.19. The Labute approximate surface area is 101 Å². The zero-order valence-corrected chi connectivity index (χ0v) is 10.5. The average Bonchev–Trinajstić information content (AvgIpc) is 2.70. The van der Waals surface area contributed by atoms with Crippen molar-refractivity contribution in [2.45, 2.75) is 6.42 Å². The number of hydrogen-bond donors (Lipinski definition) is 1. The number of aromatic amines is 1. The van der Waals surface area contributed by atoms with Crippen LogP contribution in [0.1, 0.15) is 6.42 Å². The molecule has 0 fully saturated rings. The summed E-state index contributed by atoms with van der Waals surface area (Å²) in [7, 11) is -2.89. The van der Waals surface area contributed by atoms with Crippen LogP contribution in [0.3, 0.4) is 0 Å². The molecule has 0 aliphatic carbocycles. The van der Waals surface area contributed by atoms with E-state index in [0.29, 0.717) is 13.0 Å². The Bertz CT molecular complexity index is 601. The molecular weight excluding hydrogens is 238 g/mol. The number of benzene rings is 1. The summed E-state index contributed by atoms with van der Waals surface area (Å²) in [6.07, 6.45) is 3.63. The summed E-state index contributed by atoms with van der Waals surface area (Å²) in [5.41, 5.74) is 1.06. The maximum absolute atomic E-state index is 10.9. The first kappa shape index (κ1) is 12.0. The first-order chi connectivity index (χ1) is 8.04. The van der Waals surface area contributed by atoms with Crippen LogP contribution >= 0.6 is 0 Å². The summed E-state index contributed by atoms with van der Waals surface area (Å²) in [5.74, 6) is 0.935. The third kappa shape index (κ3) is 3.49. The average molecular weight is 253 g/mol. The van der Waals surface area contributed by atoms with E-state index in [-0.39, 0.29) is 5.75 Å². The van der Waals surface area contributed by atoms with E-state index in [9.17, 15) is 8.42 Å². The quantitative estimate of drug-likeness (QED) is 0.829. The Balaban J connectivity index is 1.90. The molecule has 2 aromatic rings. The first-order valence-corrected chi connectivity index (χ1v) is 7.48. The van der Waals surface area contributed by atoms with Gasteiger partial charge in [0.05, 0.1) is 12.4 Å². The Morgan fingerprint density at radius 2 is 2.12 bits per heavy atom. The molecule has 0 bridgehead atoms. The topological polar surface area (TPSA) is 59.2 Å². The molecule has 0 aliphatic heterocycles. The molecule has 0 saturated heterocycles. The lowest BCUT2D eigenvalue weighted by molar-refractivity contribution is 0.318. The van der Waals surface area contributed by atoms with E-state index < -0.39 is 9.84 Å². The molecule has 92 valence electrons. The minimum Gasteiger partial charge on any atom is -0.494 e. The van der Waals surface area contributed by atoms with Gasteiger partial charge in [-0.15, -0.1) is 0 Å². The molecule has 2 rings (SSSR count). The van der Waals surface area contributed by atoms with E-state index in [1.54, 1.807) is 0 Å².